The summed E-state index contributed by atoms with van der Waals surface area (Å²) in [5.74, 6) is -1.36. The van der Waals surface area contributed by atoms with Crippen LogP contribution < -0.4 is 5.32 Å². The number of nitrogens with one attached hydrogen (secondary N) is 1. The third kappa shape index (κ3) is 5.15. The molecule has 0 radical (unpaired) electrons. The van der Waals surface area contributed by atoms with Crippen LogP contribution >= 0.6 is 22.9 Å². The van der Waals surface area contributed by atoms with Gasteiger partial charge in [-0.2, -0.15) is 0 Å². The molecule has 0 aliphatic rings. The Kier molecular flexibility index (Phi) is 6.20. The number of carbonyl (C=O) groups excluding carboxylic acids is 2. The zero-order chi connectivity index (χ0) is 21.0. The molecule has 148 valence electrons. The number of nitro benzene ring substituents is 1. The second kappa shape index (κ2) is 8.80. The number of nitro groups is 1. The molecule has 10 heteroatoms. The maximum atomic E-state index is 12.1. The minimum atomic E-state index is -0.744. The number of aromatic nitrogens is 1. The van der Waals surface area contributed by atoms with Crippen LogP contribution in [0, 0.1) is 17.0 Å². The van der Waals surface area contributed by atoms with E-state index >= 15 is 0 Å². The van der Waals surface area contributed by atoms with Gasteiger partial charge >= 0.3 is 5.97 Å². The van der Waals surface area contributed by atoms with Crippen molar-refractivity contribution in [3.05, 3.63) is 74.2 Å². The zero-order valence-corrected chi connectivity index (χ0v) is 16.6. The summed E-state index contributed by atoms with van der Waals surface area (Å²) < 4.78 is 4.97. The van der Waals surface area contributed by atoms with Crippen LogP contribution in [0.15, 0.2) is 47.8 Å². The summed E-state index contributed by atoms with van der Waals surface area (Å²) in [7, 11) is 0. The number of halogens is 1. The number of hydrogen-bond acceptors (Lipinski definition) is 7. The monoisotopic (exact) mass is 431 g/mol. The fourth-order valence-electron chi connectivity index (χ4n) is 2.38. The van der Waals surface area contributed by atoms with E-state index in [1.54, 1.807) is 31.2 Å². The maximum Gasteiger partial charge on any atom is 0.358 e. The average Bonchev–Trinajstić information content (AvgIpc) is 3.18. The number of anilines is 1. The van der Waals surface area contributed by atoms with E-state index < -0.39 is 23.4 Å². The van der Waals surface area contributed by atoms with Crippen molar-refractivity contribution in [2.24, 2.45) is 0 Å². The Balaban J connectivity index is 1.58. The van der Waals surface area contributed by atoms with Crippen LogP contribution in [0.4, 0.5) is 11.4 Å². The van der Waals surface area contributed by atoms with E-state index in [1.165, 1.54) is 34.9 Å². The van der Waals surface area contributed by atoms with Crippen LogP contribution in [0.1, 0.15) is 16.1 Å². The van der Waals surface area contributed by atoms with Crippen molar-refractivity contribution in [3.8, 4) is 10.6 Å². The Hall–Kier alpha value is -3.30. The molecule has 3 aromatic rings. The largest absolute Gasteiger partial charge is 0.451 e. The Morgan fingerprint density at radius 1 is 1.24 bits per heavy atom. The normalized spacial score (nSPS) is 10.4. The highest BCUT2D eigenvalue weighted by atomic mass is 35.5. The molecule has 0 saturated heterocycles. The minimum Gasteiger partial charge on any atom is -0.451 e. The van der Waals surface area contributed by atoms with Crippen molar-refractivity contribution in [2.45, 2.75) is 6.92 Å². The fraction of sp³-hybridized carbons (Fsp3) is 0.105. The number of thiazole rings is 1. The number of nitrogens with zero attached hydrogens (tertiary/aromatic N) is 2. The van der Waals surface area contributed by atoms with E-state index in [0.717, 1.165) is 5.56 Å². The van der Waals surface area contributed by atoms with E-state index in [9.17, 15) is 19.7 Å². The highest BCUT2D eigenvalue weighted by Gasteiger charge is 2.16. The summed E-state index contributed by atoms with van der Waals surface area (Å²) in [4.78, 5) is 38.7. The molecule has 2 aromatic carbocycles. The maximum absolute atomic E-state index is 12.1. The molecule has 29 heavy (non-hydrogen) atoms. The van der Waals surface area contributed by atoms with Crippen LogP contribution in [-0.4, -0.2) is 28.4 Å². The quantitative estimate of drug-likeness (QED) is 0.350. The summed E-state index contributed by atoms with van der Waals surface area (Å²) in [6.45, 7) is 1.05. The molecule has 8 nitrogen and oxygen atoms in total. The second-order valence-corrected chi connectivity index (χ2v) is 7.22. The lowest BCUT2D eigenvalue weighted by Crippen LogP contribution is -2.21. The van der Waals surface area contributed by atoms with Gasteiger partial charge in [-0.25, -0.2) is 9.78 Å². The predicted molar refractivity (Wildman–Crippen MR) is 109 cm³/mol. The summed E-state index contributed by atoms with van der Waals surface area (Å²) in [6, 6.07) is 11.3. The first kappa shape index (κ1) is 20.4. The van der Waals surface area contributed by atoms with E-state index in [2.05, 4.69) is 10.3 Å². The average molecular weight is 432 g/mol. The van der Waals surface area contributed by atoms with E-state index in [0.29, 0.717) is 15.6 Å². The summed E-state index contributed by atoms with van der Waals surface area (Å²) >= 11 is 7.11. The molecule has 0 fully saturated rings. The van der Waals surface area contributed by atoms with Gasteiger partial charge in [-0.05, 0) is 25.1 Å². The van der Waals surface area contributed by atoms with Crippen molar-refractivity contribution < 1.29 is 19.2 Å². The molecule has 1 heterocycles. The topological polar surface area (TPSA) is 111 Å². The third-order valence-electron chi connectivity index (χ3n) is 3.83. The van der Waals surface area contributed by atoms with Crippen molar-refractivity contribution in [1.29, 1.82) is 0 Å². The predicted octanol–water partition coefficient (Wildman–Crippen LogP) is 4.48. The second-order valence-electron chi connectivity index (χ2n) is 5.93. The highest BCUT2D eigenvalue weighted by Crippen LogP contribution is 2.25. The summed E-state index contributed by atoms with van der Waals surface area (Å²) in [5.41, 5.74) is 1.48. The van der Waals surface area contributed by atoms with Crippen molar-refractivity contribution in [1.82, 2.24) is 4.98 Å². The van der Waals surface area contributed by atoms with Crippen LogP contribution in [0.3, 0.4) is 0 Å². The van der Waals surface area contributed by atoms with Gasteiger partial charge in [-0.3, -0.25) is 14.9 Å². The number of ether oxygens (including phenoxy) is 1. The fourth-order valence-corrected chi connectivity index (χ4v) is 3.30. The van der Waals surface area contributed by atoms with Gasteiger partial charge in [0.15, 0.2) is 12.3 Å². The molecule has 3 rings (SSSR count). The Morgan fingerprint density at radius 3 is 2.66 bits per heavy atom. The van der Waals surface area contributed by atoms with Crippen molar-refractivity contribution in [3.63, 3.8) is 0 Å². The number of amides is 1. The molecule has 0 aliphatic carbocycles. The molecule has 0 spiro atoms. The molecular formula is C19H14ClN3O5S. The zero-order valence-electron chi connectivity index (χ0n) is 15.0. The molecular weight excluding hydrogens is 418 g/mol. The lowest BCUT2D eigenvalue weighted by molar-refractivity contribution is -0.385. The molecule has 0 aliphatic heterocycles. The molecule has 1 aromatic heterocycles. The van der Waals surface area contributed by atoms with Crippen LogP contribution in [0.5, 0.6) is 0 Å². The summed E-state index contributed by atoms with van der Waals surface area (Å²) in [6.07, 6.45) is 0. The Morgan fingerprint density at radius 2 is 1.97 bits per heavy atom. The summed E-state index contributed by atoms with van der Waals surface area (Å²) in [5, 5.41) is 16.2. The van der Waals surface area contributed by atoms with E-state index in [1.807, 2.05) is 0 Å². The number of benzene rings is 2. The molecule has 0 unspecified atom stereocenters. The Bertz CT molecular complexity index is 1080. The van der Waals surface area contributed by atoms with Gasteiger partial charge in [0.05, 0.1) is 4.92 Å². The number of aryl methyl sites for hydroxylation is 1. The van der Waals surface area contributed by atoms with Gasteiger partial charge in [-0.15, -0.1) is 11.3 Å². The standard InChI is InChI=1S/C19H14ClN3O5S/c1-11-2-7-14(8-16(11)23(26)27)21-17(24)9-28-19(25)15-10-29-18(22-15)12-3-5-13(20)6-4-12/h2-8,10H,9H2,1H3,(H,21,24). The molecule has 1 N–H and O–H groups in total. The lowest BCUT2D eigenvalue weighted by atomic mass is 10.2. The van der Waals surface area contributed by atoms with Crippen molar-refractivity contribution >= 4 is 46.2 Å². The number of hydrogen-bond donors (Lipinski definition) is 1. The first-order chi connectivity index (χ1) is 13.8. The van der Waals surface area contributed by atoms with Crippen molar-refractivity contribution in [2.75, 3.05) is 11.9 Å². The first-order valence-electron chi connectivity index (χ1n) is 8.27. The smallest absolute Gasteiger partial charge is 0.358 e. The first-order valence-corrected chi connectivity index (χ1v) is 9.53. The van der Waals surface area contributed by atoms with Gasteiger partial charge in [0, 0.05) is 33.3 Å². The van der Waals surface area contributed by atoms with E-state index in [4.69, 9.17) is 16.3 Å². The lowest BCUT2D eigenvalue weighted by Gasteiger charge is -2.06. The van der Waals surface area contributed by atoms with Crippen LogP contribution in [0.2, 0.25) is 5.02 Å². The molecule has 0 bridgehead atoms. The van der Waals surface area contributed by atoms with Gasteiger partial charge in [0.1, 0.15) is 5.01 Å². The number of rotatable bonds is 6. The third-order valence-corrected chi connectivity index (χ3v) is 4.97. The Labute approximate surface area is 174 Å². The van der Waals surface area contributed by atoms with Gasteiger partial charge in [-0.1, -0.05) is 29.8 Å². The van der Waals surface area contributed by atoms with Gasteiger partial charge in [0.2, 0.25) is 0 Å². The molecule has 0 atom stereocenters. The SMILES string of the molecule is Cc1ccc(NC(=O)COC(=O)c2csc(-c3ccc(Cl)cc3)n2)cc1[N+](=O)[O-]. The van der Waals surface area contributed by atoms with Gasteiger partial charge < -0.3 is 10.1 Å². The van der Waals surface area contributed by atoms with Gasteiger partial charge in [0.25, 0.3) is 11.6 Å². The van der Waals surface area contributed by atoms with Crippen LogP contribution in [-0.2, 0) is 9.53 Å². The molecule has 0 saturated carbocycles. The molecule has 1 amide bonds. The minimum absolute atomic E-state index is 0.0822. The van der Waals surface area contributed by atoms with Crippen LogP contribution in [0.25, 0.3) is 10.6 Å². The van der Waals surface area contributed by atoms with E-state index in [-0.39, 0.29) is 17.1 Å². The number of esters is 1. The highest BCUT2D eigenvalue weighted by molar-refractivity contribution is 7.13. The number of carbonyl (C=O) groups is 2.